The highest BCUT2D eigenvalue weighted by atomic mass is 35.5. The standard InChI is InChI=1S/C18H25N5O.2ClH/c1-12-3-5-15(6-4-12)24-8-7-23(2)17-11-16(21-18(20)22-17)13-9-14(19)10-13;;/h3-6,11,13-14H,7-10,19H2,1-2H3,(H2,20,21,22);2*1H. The largest absolute Gasteiger partial charge is 0.492 e. The van der Waals surface area contributed by atoms with Gasteiger partial charge in [-0.2, -0.15) is 4.98 Å². The highest BCUT2D eigenvalue weighted by Gasteiger charge is 2.29. The van der Waals surface area contributed by atoms with Crippen molar-refractivity contribution in [1.82, 2.24) is 9.97 Å². The molecule has 26 heavy (non-hydrogen) atoms. The zero-order chi connectivity index (χ0) is 17.1. The van der Waals surface area contributed by atoms with Gasteiger partial charge in [0.25, 0.3) is 0 Å². The minimum absolute atomic E-state index is 0. The average Bonchev–Trinajstić information content (AvgIpc) is 2.53. The Morgan fingerprint density at radius 3 is 2.42 bits per heavy atom. The van der Waals surface area contributed by atoms with Gasteiger partial charge in [0, 0.05) is 25.1 Å². The molecule has 1 aromatic heterocycles. The van der Waals surface area contributed by atoms with Gasteiger partial charge < -0.3 is 21.1 Å². The number of hydrogen-bond donors (Lipinski definition) is 2. The van der Waals surface area contributed by atoms with E-state index in [1.807, 2.05) is 42.3 Å². The monoisotopic (exact) mass is 399 g/mol. The van der Waals surface area contributed by atoms with Crippen molar-refractivity contribution < 1.29 is 4.74 Å². The van der Waals surface area contributed by atoms with Gasteiger partial charge in [-0.3, -0.25) is 0 Å². The van der Waals surface area contributed by atoms with Crippen LogP contribution in [0, 0.1) is 6.92 Å². The van der Waals surface area contributed by atoms with Crippen molar-refractivity contribution in [3.63, 3.8) is 0 Å². The van der Waals surface area contributed by atoms with Crippen LogP contribution in [0.1, 0.15) is 30.0 Å². The van der Waals surface area contributed by atoms with Gasteiger partial charge in [0.2, 0.25) is 5.95 Å². The molecule has 144 valence electrons. The van der Waals surface area contributed by atoms with Crippen LogP contribution < -0.4 is 21.1 Å². The molecule has 0 bridgehead atoms. The van der Waals surface area contributed by atoms with E-state index in [9.17, 15) is 0 Å². The molecule has 0 aliphatic heterocycles. The van der Waals surface area contributed by atoms with Gasteiger partial charge in [-0.1, -0.05) is 17.7 Å². The summed E-state index contributed by atoms with van der Waals surface area (Å²) in [6, 6.07) is 10.3. The fourth-order valence-corrected chi connectivity index (χ4v) is 2.83. The fraction of sp³-hybridized carbons (Fsp3) is 0.444. The van der Waals surface area contributed by atoms with E-state index in [-0.39, 0.29) is 30.9 Å². The number of ether oxygens (including phenoxy) is 1. The minimum atomic E-state index is 0. The van der Waals surface area contributed by atoms with Crippen LogP contribution in [-0.2, 0) is 0 Å². The van der Waals surface area contributed by atoms with E-state index >= 15 is 0 Å². The van der Waals surface area contributed by atoms with Gasteiger partial charge in [0.1, 0.15) is 18.2 Å². The summed E-state index contributed by atoms with van der Waals surface area (Å²) in [4.78, 5) is 10.7. The summed E-state index contributed by atoms with van der Waals surface area (Å²) < 4.78 is 5.77. The molecule has 0 radical (unpaired) electrons. The lowest BCUT2D eigenvalue weighted by molar-refractivity contribution is 0.325. The molecule has 1 aliphatic carbocycles. The van der Waals surface area contributed by atoms with Crippen molar-refractivity contribution in [2.75, 3.05) is 30.8 Å². The van der Waals surface area contributed by atoms with Gasteiger partial charge in [0.05, 0.1) is 12.2 Å². The van der Waals surface area contributed by atoms with Crippen molar-refractivity contribution in [3.8, 4) is 5.75 Å². The first-order valence-corrected chi connectivity index (χ1v) is 8.32. The van der Waals surface area contributed by atoms with Gasteiger partial charge in [-0.05, 0) is 31.9 Å². The Morgan fingerprint density at radius 2 is 1.81 bits per heavy atom. The first kappa shape index (κ1) is 22.3. The Labute approximate surface area is 167 Å². The predicted octanol–water partition coefficient (Wildman–Crippen LogP) is 2.93. The second kappa shape index (κ2) is 9.80. The molecule has 0 atom stereocenters. The number of benzene rings is 1. The molecule has 6 nitrogen and oxygen atoms in total. The van der Waals surface area contributed by atoms with E-state index in [4.69, 9.17) is 16.2 Å². The Kier molecular flexibility index (Phi) is 8.40. The summed E-state index contributed by atoms with van der Waals surface area (Å²) in [6.07, 6.45) is 1.94. The molecule has 1 heterocycles. The molecule has 3 rings (SSSR count). The lowest BCUT2D eigenvalue weighted by Crippen LogP contribution is -2.35. The first-order chi connectivity index (χ1) is 11.5. The molecule has 8 heteroatoms. The molecule has 0 spiro atoms. The second-order valence-electron chi connectivity index (χ2n) is 6.52. The van der Waals surface area contributed by atoms with E-state index in [0.29, 0.717) is 25.0 Å². The Morgan fingerprint density at radius 1 is 1.15 bits per heavy atom. The molecule has 4 N–H and O–H groups in total. The van der Waals surface area contributed by atoms with Crippen LogP contribution in [0.15, 0.2) is 30.3 Å². The summed E-state index contributed by atoms with van der Waals surface area (Å²) in [6.45, 7) is 3.35. The molecular formula is C18H27Cl2N5O. The molecular weight excluding hydrogens is 373 g/mol. The number of aryl methyl sites for hydroxylation is 1. The summed E-state index contributed by atoms with van der Waals surface area (Å²) >= 11 is 0. The highest BCUT2D eigenvalue weighted by molar-refractivity contribution is 5.85. The summed E-state index contributed by atoms with van der Waals surface area (Å²) in [5.41, 5.74) is 14.0. The smallest absolute Gasteiger partial charge is 0.222 e. The van der Waals surface area contributed by atoms with Crippen LogP contribution in [0.2, 0.25) is 0 Å². The Bertz CT molecular complexity index is 692. The van der Waals surface area contributed by atoms with Crippen LogP contribution >= 0.6 is 24.8 Å². The van der Waals surface area contributed by atoms with Crippen molar-refractivity contribution >= 4 is 36.6 Å². The van der Waals surface area contributed by atoms with Gasteiger partial charge in [-0.15, -0.1) is 24.8 Å². The first-order valence-electron chi connectivity index (χ1n) is 8.32. The van der Waals surface area contributed by atoms with Crippen LogP contribution in [0.5, 0.6) is 5.75 Å². The third-order valence-corrected chi connectivity index (χ3v) is 4.45. The number of anilines is 2. The SMILES string of the molecule is Cc1ccc(OCCN(C)c2cc(C3CC(N)C3)nc(N)n2)cc1.Cl.Cl. The van der Waals surface area contributed by atoms with Crippen molar-refractivity contribution in [3.05, 3.63) is 41.6 Å². The normalized spacial score (nSPS) is 18.1. The zero-order valence-corrected chi connectivity index (χ0v) is 16.7. The molecule has 0 saturated heterocycles. The number of halogens is 2. The molecule has 1 aliphatic rings. The molecule has 1 saturated carbocycles. The maximum atomic E-state index is 5.87. The zero-order valence-electron chi connectivity index (χ0n) is 15.1. The van der Waals surface area contributed by atoms with Crippen molar-refractivity contribution in [2.45, 2.75) is 31.7 Å². The minimum Gasteiger partial charge on any atom is -0.492 e. The van der Waals surface area contributed by atoms with Crippen LogP contribution in [0.4, 0.5) is 11.8 Å². The third-order valence-electron chi connectivity index (χ3n) is 4.45. The lowest BCUT2D eigenvalue weighted by Gasteiger charge is -2.32. The van der Waals surface area contributed by atoms with Crippen LogP contribution in [-0.4, -0.2) is 36.2 Å². The topological polar surface area (TPSA) is 90.3 Å². The molecule has 0 amide bonds. The van der Waals surface area contributed by atoms with E-state index in [2.05, 4.69) is 16.9 Å². The predicted molar refractivity (Wildman–Crippen MR) is 111 cm³/mol. The van der Waals surface area contributed by atoms with Gasteiger partial charge in [-0.25, -0.2) is 4.98 Å². The van der Waals surface area contributed by atoms with E-state index < -0.39 is 0 Å². The molecule has 0 unspecified atom stereocenters. The van der Waals surface area contributed by atoms with E-state index in [1.54, 1.807) is 0 Å². The van der Waals surface area contributed by atoms with Crippen molar-refractivity contribution in [2.24, 2.45) is 5.73 Å². The van der Waals surface area contributed by atoms with E-state index in [0.717, 1.165) is 30.1 Å². The van der Waals surface area contributed by atoms with Gasteiger partial charge in [0.15, 0.2) is 0 Å². The number of nitrogens with two attached hydrogens (primary N) is 2. The molecule has 2 aromatic rings. The number of likely N-dealkylation sites (N-methyl/N-ethyl adjacent to an activating group) is 1. The van der Waals surface area contributed by atoms with Gasteiger partial charge >= 0.3 is 0 Å². The number of nitrogen functional groups attached to an aromatic ring is 1. The average molecular weight is 400 g/mol. The van der Waals surface area contributed by atoms with Crippen molar-refractivity contribution in [1.29, 1.82) is 0 Å². The maximum absolute atomic E-state index is 5.87. The highest BCUT2D eigenvalue weighted by Crippen LogP contribution is 2.35. The summed E-state index contributed by atoms with van der Waals surface area (Å²) in [5.74, 6) is 2.42. The fourth-order valence-electron chi connectivity index (χ4n) is 2.83. The van der Waals surface area contributed by atoms with Crippen LogP contribution in [0.25, 0.3) is 0 Å². The summed E-state index contributed by atoms with van der Waals surface area (Å²) in [7, 11) is 1.98. The molecule has 1 fully saturated rings. The Hall–Kier alpha value is -1.76. The number of aromatic nitrogens is 2. The quantitative estimate of drug-likeness (QED) is 0.775. The Balaban J connectivity index is 0.00000169. The number of hydrogen-bond acceptors (Lipinski definition) is 6. The second-order valence-corrected chi connectivity index (χ2v) is 6.52. The molecule has 1 aromatic carbocycles. The number of rotatable bonds is 6. The maximum Gasteiger partial charge on any atom is 0.222 e. The lowest BCUT2D eigenvalue weighted by atomic mass is 9.78. The van der Waals surface area contributed by atoms with Crippen LogP contribution in [0.3, 0.4) is 0 Å². The summed E-state index contributed by atoms with van der Waals surface area (Å²) in [5, 5.41) is 0. The van der Waals surface area contributed by atoms with E-state index in [1.165, 1.54) is 5.56 Å². The third kappa shape index (κ3) is 5.62. The number of nitrogens with zero attached hydrogens (tertiary/aromatic N) is 3.